The van der Waals surface area contributed by atoms with Crippen LogP contribution in [0.5, 0.6) is 0 Å². The number of aliphatic imine (C=N–C) groups is 1. The highest BCUT2D eigenvalue weighted by Gasteiger charge is 2.37. The lowest BCUT2D eigenvalue weighted by Gasteiger charge is -2.35. The Kier molecular flexibility index (Phi) is 7.99. The van der Waals surface area contributed by atoms with Crippen molar-refractivity contribution in [2.75, 3.05) is 10.2 Å². The fraction of sp³-hybridized carbons (Fsp3) is 0.611. The minimum absolute atomic E-state index is 0.0756. The lowest BCUT2D eigenvalue weighted by atomic mass is 9.74. The molecule has 0 aromatic heterocycles. The number of carbonyl (C=O) groups excluding carboxylic acids is 1. The van der Waals surface area contributed by atoms with Crippen LogP contribution in [0.2, 0.25) is 0 Å². The third-order valence-electron chi connectivity index (χ3n) is 4.96. The number of rotatable bonds is 8. The number of Topliss-reactive ketones (excluding diaryl/α,β-unsaturated/α-hetero) is 1. The second-order valence-corrected chi connectivity index (χ2v) is 10.1. The number of allylic oxidation sites excluding steroid dienone is 1. The van der Waals surface area contributed by atoms with Gasteiger partial charge in [-0.2, -0.15) is 12.6 Å². The summed E-state index contributed by atoms with van der Waals surface area (Å²) in [5, 5.41) is 0. The molecule has 2 rings (SSSR count). The minimum Gasteiger partial charge on any atom is -0.294 e. The Hall–Kier alpha value is 0.500. The lowest BCUT2D eigenvalue weighted by Crippen LogP contribution is -2.33. The molecule has 0 fully saturated rings. The molecule has 2 nitrogen and oxygen atoms in total. The number of fused-ring (bicyclic) bond motifs is 1. The number of thiol groups is 1. The van der Waals surface area contributed by atoms with E-state index in [-0.39, 0.29) is 26.5 Å². The van der Waals surface area contributed by atoms with Gasteiger partial charge in [0.2, 0.25) is 0 Å². The summed E-state index contributed by atoms with van der Waals surface area (Å²) in [4.78, 5) is 16.8. The van der Waals surface area contributed by atoms with E-state index in [0.29, 0.717) is 27.7 Å². The van der Waals surface area contributed by atoms with E-state index in [1.54, 1.807) is 6.92 Å². The Morgan fingerprint density at radius 1 is 1.61 bits per heavy atom. The predicted molar refractivity (Wildman–Crippen MR) is 122 cm³/mol. The smallest absolute Gasteiger partial charge is 0.161 e. The summed E-state index contributed by atoms with van der Waals surface area (Å²) in [6, 6.07) is 0.309. The SMILES string of the molecule is C=IC(CCS)C(CI)[C@@H](C)C1=C(C(C)=O)C=N[C@H]2CC=CC12. The van der Waals surface area contributed by atoms with Gasteiger partial charge in [0.05, 0.1) is 6.04 Å². The van der Waals surface area contributed by atoms with Crippen molar-refractivity contribution in [1.82, 2.24) is 0 Å². The molecule has 1 heterocycles. The first-order chi connectivity index (χ1) is 11.0. The summed E-state index contributed by atoms with van der Waals surface area (Å²) >= 11 is 6.88. The molecular weight excluding hydrogens is 532 g/mol. The zero-order valence-corrected chi connectivity index (χ0v) is 18.9. The van der Waals surface area contributed by atoms with E-state index in [4.69, 9.17) is 0 Å². The van der Waals surface area contributed by atoms with Crippen LogP contribution in [0, 0.1) is 17.8 Å². The van der Waals surface area contributed by atoms with Crippen molar-refractivity contribution in [2.45, 2.75) is 36.7 Å². The first-order valence-corrected chi connectivity index (χ1v) is 13.0. The molecule has 2 aliphatic rings. The second-order valence-electron chi connectivity index (χ2n) is 6.25. The number of ketones is 1. The van der Waals surface area contributed by atoms with Crippen LogP contribution >= 0.6 is 56.0 Å². The molecular formula is C18H25I2NOS. The summed E-state index contributed by atoms with van der Waals surface area (Å²) in [6.45, 7) is 3.99. The third kappa shape index (κ3) is 4.37. The molecule has 0 saturated heterocycles. The van der Waals surface area contributed by atoms with Crippen molar-refractivity contribution in [2.24, 2.45) is 22.7 Å². The number of hydrogen-bond acceptors (Lipinski definition) is 3. The summed E-state index contributed by atoms with van der Waals surface area (Å²) in [5.41, 5.74) is 2.18. The highest BCUT2D eigenvalue weighted by Crippen LogP contribution is 2.42. The summed E-state index contributed by atoms with van der Waals surface area (Å²) in [5.74, 6) is 2.37. The van der Waals surface area contributed by atoms with Gasteiger partial charge < -0.3 is 0 Å². The number of hydrogen-bond donors (Lipinski definition) is 1. The number of alkyl halides is 2. The van der Waals surface area contributed by atoms with Crippen LogP contribution in [0.1, 0.15) is 26.7 Å². The van der Waals surface area contributed by atoms with Crippen molar-refractivity contribution in [3.05, 3.63) is 23.3 Å². The Morgan fingerprint density at radius 2 is 2.35 bits per heavy atom. The first kappa shape index (κ1) is 19.8. The number of nitrogens with zero attached hydrogens (tertiary/aromatic N) is 1. The molecule has 0 saturated carbocycles. The van der Waals surface area contributed by atoms with Gasteiger partial charge >= 0.3 is 0 Å². The Labute approximate surface area is 169 Å². The van der Waals surface area contributed by atoms with Crippen LogP contribution in [0.25, 0.3) is 0 Å². The number of dihydropyridines is 1. The molecule has 3 unspecified atom stereocenters. The average Bonchev–Trinajstić information content (AvgIpc) is 3.01. The van der Waals surface area contributed by atoms with Crippen LogP contribution < -0.4 is 0 Å². The molecule has 5 heteroatoms. The van der Waals surface area contributed by atoms with Gasteiger partial charge in [0.25, 0.3) is 0 Å². The standard InChI is InChI=1S/C18H25I2NOS/c1-11(14(9-19)16(20-3)7-8-23)18-13-5-4-6-17(13)21-10-15(18)12(2)22/h4-5,10-11,13-14,16-17,23H,3,6-9H2,1-2H3/t11-,13?,14?,16?,17+/m1/s1. The molecule has 0 bridgehead atoms. The van der Waals surface area contributed by atoms with Crippen LogP contribution in [0.4, 0.5) is 0 Å². The van der Waals surface area contributed by atoms with E-state index in [1.807, 2.05) is 6.21 Å². The van der Waals surface area contributed by atoms with Gasteiger partial charge in [-0.25, -0.2) is 0 Å². The molecule has 0 amide bonds. The van der Waals surface area contributed by atoms with Gasteiger partial charge in [-0.15, -0.1) is 20.7 Å². The molecule has 0 radical (unpaired) electrons. The van der Waals surface area contributed by atoms with Gasteiger partial charge in [-0.1, -0.05) is 46.2 Å². The van der Waals surface area contributed by atoms with Crippen molar-refractivity contribution in [3.63, 3.8) is 0 Å². The Bertz CT molecular complexity index is 555. The van der Waals surface area contributed by atoms with Gasteiger partial charge in [-0.05, 0) is 42.9 Å². The molecule has 0 spiro atoms. The average molecular weight is 557 g/mol. The molecule has 23 heavy (non-hydrogen) atoms. The molecule has 5 atom stereocenters. The van der Waals surface area contributed by atoms with Gasteiger partial charge in [-0.3, -0.25) is 9.79 Å². The van der Waals surface area contributed by atoms with Crippen LogP contribution in [0.3, 0.4) is 0 Å². The van der Waals surface area contributed by atoms with Crippen LogP contribution in [-0.2, 0) is 4.79 Å². The second kappa shape index (κ2) is 9.27. The molecule has 0 N–H and O–H groups in total. The fourth-order valence-corrected chi connectivity index (χ4v) is 9.08. The highest BCUT2D eigenvalue weighted by molar-refractivity contribution is 14.2. The summed E-state index contributed by atoms with van der Waals surface area (Å²) in [6.07, 6.45) is 8.48. The normalized spacial score (nSPS) is 27.0. The van der Waals surface area contributed by atoms with Crippen molar-refractivity contribution in [3.8, 4) is 0 Å². The molecule has 128 valence electrons. The van der Waals surface area contributed by atoms with E-state index in [1.165, 1.54) is 5.57 Å². The zero-order chi connectivity index (χ0) is 17.0. The largest absolute Gasteiger partial charge is 0.294 e. The zero-order valence-electron chi connectivity index (χ0n) is 13.7. The maximum Gasteiger partial charge on any atom is 0.161 e. The maximum atomic E-state index is 12.2. The van der Waals surface area contributed by atoms with Crippen molar-refractivity contribution >= 4 is 72.5 Å². The summed E-state index contributed by atoms with van der Waals surface area (Å²) < 4.78 is 6.05. The van der Waals surface area contributed by atoms with E-state index >= 15 is 0 Å². The molecule has 0 aromatic rings. The van der Waals surface area contributed by atoms with Gasteiger partial charge in [0.15, 0.2) is 5.78 Å². The Morgan fingerprint density at radius 3 is 2.91 bits per heavy atom. The molecule has 0 aromatic carbocycles. The third-order valence-corrected chi connectivity index (χ3v) is 8.91. The monoisotopic (exact) mass is 557 g/mol. The summed E-state index contributed by atoms with van der Waals surface area (Å²) in [7, 11) is 0. The van der Waals surface area contributed by atoms with Crippen LogP contribution in [-0.4, -0.2) is 36.7 Å². The first-order valence-electron chi connectivity index (χ1n) is 8.03. The van der Waals surface area contributed by atoms with Crippen molar-refractivity contribution < 1.29 is 4.79 Å². The van der Waals surface area contributed by atoms with Gasteiger partial charge in [0.1, 0.15) is 0 Å². The maximum absolute atomic E-state index is 12.2. The van der Waals surface area contributed by atoms with E-state index in [0.717, 1.165) is 28.6 Å². The van der Waals surface area contributed by atoms with Crippen LogP contribution in [0.15, 0.2) is 28.3 Å². The quantitative estimate of drug-likeness (QED) is 0.200. The van der Waals surface area contributed by atoms with E-state index in [9.17, 15) is 4.79 Å². The lowest BCUT2D eigenvalue weighted by molar-refractivity contribution is -0.113. The highest BCUT2D eigenvalue weighted by atomic mass is 127. The molecule has 1 aliphatic carbocycles. The van der Waals surface area contributed by atoms with E-state index in [2.05, 4.69) is 63.8 Å². The fourth-order valence-electron chi connectivity index (χ4n) is 3.67. The topological polar surface area (TPSA) is 29.4 Å². The molecule has 1 aliphatic heterocycles. The predicted octanol–water partition coefficient (Wildman–Crippen LogP) is 4.68. The van der Waals surface area contributed by atoms with E-state index < -0.39 is 0 Å². The minimum atomic E-state index is -0.0756. The number of carbonyl (C=O) groups is 1. The van der Waals surface area contributed by atoms with Gasteiger partial charge in [0, 0.05) is 26.1 Å². The van der Waals surface area contributed by atoms with Crippen molar-refractivity contribution in [1.29, 1.82) is 0 Å². The number of halogens is 2. The Balaban J connectivity index is 2.40.